The van der Waals surface area contributed by atoms with Crippen molar-refractivity contribution in [3.05, 3.63) is 114 Å². The number of aliphatic carboxylic acids is 1. The Morgan fingerprint density at radius 2 is 1.30 bits per heavy atom. The number of allylic oxidation sites excluding steroid dienone is 3. The van der Waals surface area contributed by atoms with Gasteiger partial charge in [-0.2, -0.15) is 15.3 Å². The van der Waals surface area contributed by atoms with Crippen LogP contribution in [-0.2, 0) is 9.59 Å². The molecule has 7 N–H and O–H groups in total. The highest BCUT2D eigenvalue weighted by Gasteiger charge is 2.18. The summed E-state index contributed by atoms with van der Waals surface area (Å²) in [6.07, 6.45) is 3.82. The molecular formula is C33H26N8O5. The van der Waals surface area contributed by atoms with Crippen molar-refractivity contribution >= 4 is 63.2 Å². The third-order valence-corrected chi connectivity index (χ3v) is 6.81. The van der Waals surface area contributed by atoms with Crippen molar-refractivity contribution in [2.24, 2.45) is 25.6 Å². The van der Waals surface area contributed by atoms with Crippen LogP contribution >= 0.6 is 0 Å². The van der Waals surface area contributed by atoms with Crippen LogP contribution in [0, 0.1) is 6.92 Å². The summed E-state index contributed by atoms with van der Waals surface area (Å²) in [4.78, 5) is 33.9. The predicted octanol–water partition coefficient (Wildman–Crippen LogP) is 7.27. The molecule has 0 saturated heterocycles. The highest BCUT2D eigenvalue weighted by Crippen LogP contribution is 2.41. The van der Waals surface area contributed by atoms with E-state index >= 15 is 0 Å². The van der Waals surface area contributed by atoms with Crippen molar-refractivity contribution in [3.8, 4) is 11.1 Å². The normalized spacial score (nSPS) is 13.8. The summed E-state index contributed by atoms with van der Waals surface area (Å²) in [5.74, 6) is -2.92. The van der Waals surface area contributed by atoms with E-state index in [1.807, 2.05) is 48.5 Å². The number of hydrazone groups is 1. The number of aromatic carboxylic acids is 1. The quantitative estimate of drug-likeness (QED) is 0.0423. The second kappa shape index (κ2) is 13.3. The lowest BCUT2D eigenvalue weighted by atomic mass is 10.0. The van der Waals surface area contributed by atoms with E-state index in [4.69, 9.17) is 21.7 Å². The zero-order chi connectivity index (χ0) is 32.8. The van der Waals surface area contributed by atoms with Crippen LogP contribution in [0.5, 0.6) is 0 Å². The Labute approximate surface area is 262 Å². The standard InChI is InChI=1S/C33H26N8O5/c1-18-16-27(30(35)31(29(18)34)41-38-24-12-6-21(7-13-24)32(43)44)40-37-23-10-4-20(5-11-23)19-2-8-22(9-3-19)36-39-25-14-15-28(42)26(17-25)33(45)46/h2-17,36H,34-35H2,1H3,(H,43,44)(H,45,46). The van der Waals surface area contributed by atoms with Crippen LogP contribution in [0.1, 0.15) is 15.9 Å². The molecule has 4 aromatic rings. The number of carboxylic acid groups (broad SMARTS) is 2. The first-order valence-electron chi connectivity index (χ1n) is 13.7. The van der Waals surface area contributed by atoms with Gasteiger partial charge in [0.2, 0.25) is 0 Å². The average molecular weight is 615 g/mol. The monoisotopic (exact) mass is 614 g/mol. The van der Waals surface area contributed by atoms with E-state index in [1.54, 1.807) is 13.0 Å². The molecule has 0 heterocycles. The van der Waals surface area contributed by atoms with Gasteiger partial charge in [-0.3, -0.25) is 10.2 Å². The fourth-order valence-electron chi connectivity index (χ4n) is 4.24. The zero-order valence-electron chi connectivity index (χ0n) is 24.2. The van der Waals surface area contributed by atoms with E-state index in [1.165, 1.54) is 42.5 Å². The fourth-order valence-corrected chi connectivity index (χ4v) is 4.24. The highest BCUT2D eigenvalue weighted by molar-refractivity contribution is 6.29. The Kier molecular flexibility index (Phi) is 8.85. The van der Waals surface area contributed by atoms with Crippen LogP contribution in [-0.4, -0.2) is 33.6 Å². The summed E-state index contributed by atoms with van der Waals surface area (Å²) in [6, 6.07) is 22.4. The van der Waals surface area contributed by atoms with Gasteiger partial charge in [-0.05, 0) is 96.4 Å². The lowest BCUT2D eigenvalue weighted by Gasteiger charge is -2.09. The molecule has 0 radical (unpaired) electrons. The number of rotatable bonds is 9. The predicted molar refractivity (Wildman–Crippen MR) is 175 cm³/mol. The number of carboxylic acids is 2. The number of nitrogen functional groups attached to an aromatic ring is 2. The number of ketones is 1. The largest absolute Gasteiger partial charge is 0.478 e. The number of hydrogen-bond donors (Lipinski definition) is 5. The number of azo groups is 2. The van der Waals surface area contributed by atoms with E-state index in [-0.39, 0.29) is 22.5 Å². The van der Waals surface area contributed by atoms with Crippen LogP contribution in [0.15, 0.2) is 128 Å². The Bertz CT molecular complexity index is 1990. The molecule has 0 aliphatic heterocycles. The second-order valence-corrected chi connectivity index (χ2v) is 9.97. The molecular weight excluding hydrogens is 588 g/mol. The van der Waals surface area contributed by atoms with E-state index in [0.717, 1.165) is 11.1 Å². The Morgan fingerprint density at radius 3 is 1.91 bits per heavy atom. The van der Waals surface area contributed by atoms with Gasteiger partial charge >= 0.3 is 11.9 Å². The third kappa shape index (κ3) is 7.06. The molecule has 0 unspecified atom stereocenters. The van der Waals surface area contributed by atoms with Gasteiger partial charge in [0, 0.05) is 0 Å². The van der Waals surface area contributed by atoms with Crippen molar-refractivity contribution in [1.82, 2.24) is 0 Å². The molecule has 228 valence electrons. The van der Waals surface area contributed by atoms with Crippen molar-refractivity contribution in [2.45, 2.75) is 6.92 Å². The molecule has 46 heavy (non-hydrogen) atoms. The first kappa shape index (κ1) is 30.7. The third-order valence-electron chi connectivity index (χ3n) is 6.81. The Balaban J connectivity index is 1.27. The first-order chi connectivity index (χ1) is 22.1. The van der Waals surface area contributed by atoms with Crippen molar-refractivity contribution < 1.29 is 24.6 Å². The summed E-state index contributed by atoms with van der Waals surface area (Å²) in [6.45, 7) is 1.79. The summed E-state index contributed by atoms with van der Waals surface area (Å²) >= 11 is 0. The van der Waals surface area contributed by atoms with Crippen LogP contribution in [0.3, 0.4) is 0 Å². The minimum Gasteiger partial charge on any atom is -0.478 e. The van der Waals surface area contributed by atoms with Gasteiger partial charge < -0.3 is 21.7 Å². The number of aryl methyl sites for hydroxylation is 1. The molecule has 1 aliphatic rings. The number of nitrogens with zero attached hydrogens (tertiary/aromatic N) is 5. The smallest absolute Gasteiger partial charge is 0.339 e. The summed E-state index contributed by atoms with van der Waals surface area (Å²) in [7, 11) is 0. The average Bonchev–Trinajstić information content (AvgIpc) is 3.06. The van der Waals surface area contributed by atoms with E-state index in [2.05, 4.69) is 31.0 Å². The maximum atomic E-state index is 11.6. The molecule has 5 rings (SSSR count). The molecule has 0 fully saturated rings. The fraction of sp³-hybridized carbons (Fsp3) is 0.0303. The SMILES string of the molecule is Cc1cc(N=Nc2ccc(-c3ccc(NN=C4C=CC(=O)C(C(=O)O)=C4)cc3)cc2)c(N)c(N=Nc2ccc(C(=O)O)cc2)c1N. The molecule has 0 spiro atoms. The molecule has 13 nitrogen and oxygen atoms in total. The van der Waals surface area contributed by atoms with Gasteiger partial charge in [-0.15, -0.1) is 10.2 Å². The van der Waals surface area contributed by atoms with Crippen LogP contribution in [0.25, 0.3) is 11.1 Å². The maximum Gasteiger partial charge on any atom is 0.339 e. The lowest BCUT2D eigenvalue weighted by Crippen LogP contribution is -2.15. The summed E-state index contributed by atoms with van der Waals surface area (Å²) in [5.41, 5.74) is 20.9. The topological polar surface area (TPSA) is 218 Å². The van der Waals surface area contributed by atoms with Gasteiger partial charge in [0.1, 0.15) is 16.9 Å². The molecule has 0 atom stereocenters. The van der Waals surface area contributed by atoms with E-state index in [0.29, 0.717) is 39.7 Å². The minimum absolute atomic E-state index is 0.132. The van der Waals surface area contributed by atoms with Crippen molar-refractivity contribution in [2.75, 3.05) is 16.9 Å². The molecule has 0 amide bonds. The number of carbonyl (C=O) groups is 3. The second-order valence-electron chi connectivity index (χ2n) is 9.97. The van der Waals surface area contributed by atoms with Crippen molar-refractivity contribution in [1.29, 1.82) is 0 Å². The number of anilines is 3. The zero-order valence-corrected chi connectivity index (χ0v) is 24.2. The Hall–Kier alpha value is -6.76. The number of carbonyl (C=O) groups excluding carboxylic acids is 1. The summed E-state index contributed by atoms with van der Waals surface area (Å²) in [5, 5.41) is 39.3. The van der Waals surface area contributed by atoms with Gasteiger partial charge in [0.15, 0.2) is 5.78 Å². The van der Waals surface area contributed by atoms with Gasteiger partial charge in [-0.25, -0.2) is 9.59 Å². The maximum absolute atomic E-state index is 11.6. The van der Waals surface area contributed by atoms with Crippen LogP contribution in [0.2, 0.25) is 0 Å². The van der Waals surface area contributed by atoms with Crippen LogP contribution < -0.4 is 16.9 Å². The van der Waals surface area contributed by atoms with Gasteiger partial charge in [0.05, 0.1) is 39.7 Å². The van der Waals surface area contributed by atoms with Crippen molar-refractivity contribution in [3.63, 3.8) is 0 Å². The van der Waals surface area contributed by atoms with Gasteiger partial charge in [0.25, 0.3) is 0 Å². The lowest BCUT2D eigenvalue weighted by molar-refractivity contribution is -0.134. The molecule has 4 aromatic carbocycles. The first-order valence-corrected chi connectivity index (χ1v) is 13.7. The molecule has 0 bridgehead atoms. The summed E-state index contributed by atoms with van der Waals surface area (Å²) < 4.78 is 0. The highest BCUT2D eigenvalue weighted by atomic mass is 16.4. The molecule has 13 heteroatoms. The van der Waals surface area contributed by atoms with E-state index < -0.39 is 17.7 Å². The number of hydrogen-bond acceptors (Lipinski definition) is 11. The number of nitrogens with two attached hydrogens (primary N) is 2. The Morgan fingerprint density at radius 1 is 0.717 bits per heavy atom. The molecule has 0 aromatic heterocycles. The van der Waals surface area contributed by atoms with Crippen LogP contribution in [0.4, 0.5) is 39.8 Å². The number of nitrogens with one attached hydrogen (secondary N) is 1. The molecule has 1 aliphatic carbocycles. The minimum atomic E-state index is -1.31. The molecule has 0 saturated carbocycles. The number of benzene rings is 4. The van der Waals surface area contributed by atoms with E-state index in [9.17, 15) is 14.4 Å². The van der Waals surface area contributed by atoms with Gasteiger partial charge in [-0.1, -0.05) is 24.3 Å².